The van der Waals surface area contributed by atoms with Crippen molar-refractivity contribution in [3.63, 3.8) is 0 Å². The molecule has 24 heavy (non-hydrogen) atoms. The molecule has 0 heterocycles. The van der Waals surface area contributed by atoms with Gasteiger partial charge in [-0.05, 0) is 42.3 Å². The van der Waals surface area contributed by atoms with Crippen LogP contribution in [0.5, 0.6) is 5.75 Å². The van der Waals surface area contributed by atoms with E-state index >= 15 is 0 Å². The molecule has 2 aromatic carbocycles. The number of carbonyl (C=O) groups excluding carboxylic acids is 2. The van der Waals surface area contributed by atoms with Crippen LogP contribution in [-0.2, 0) is 20.7 Å². The minimum atomic E-state index is -0.591. The fraction of sp³-hybridized carbons (Fsp3) is 0.222. The summed E-state index contributed by atoms with van der Waals surface area (Å²) in [5, 5.41) is 2.64. The molecule has 0 bridgehead atoms. The summed E-state index contributed by atoms with van der Waals surface area (Å²) in [6.07, 6.45) is 0.806. The highest BCUT2D eigenvalue weighted by Gasteiger charge is 2.10. The van der Waals surface area contributed by atoms with Gasteiger partial charge in [0.05, 0.1) is 0 Å². The van der Waals surface area contributed by atoms with Crippen molar-refractivity contribution in [1.29, 1.82) is 0 Å². The van der Waals surface area contributed by atoms with Crippen molar-refractivity contribution in [2.75, 3.05) is 18.5 Å². The molecule has 0 radical (unpaired) electrons. The lowest BCUT2D eigenvalue weighted by atomic mass is 10.1. The largest absolute Gasteiger partial charge is 0.482 e. The lowest BCUT2D eigenvalue weighted by molar-refractivity contribution is -0.149. The molecule has 2 aromatic rings. The molecule has 5 nitrogen and oxygen atoms in total. The molecular formula is C18H18BrNO4. The van der Waals surface area contributed by atoms with E-state index in [-0.39, 0.29) is 13.2 Å². The molecule has 6 heteroatoms. The number of carbonyl (C=O) groups is 2. The van der Waals surface area contributed by atoms with Gasteiger partial charge in [0.1, 0.15) is 5.75 Å². The molecule has 0 saturated heterocycles. The summed E-state index contributed by atoms with van der Waals surface area (Å²) in [6.45, 7) is 1.42. The zero-order valence-corrected chi connectivity index (χ0v) is 14.8. The van der Waals surface area contributed by atoms with E-state index in [1.165, 1.54) is 0 Å². The van der Waals surface area contributed by atoms with Crippen LogP contribution in [0.3, 0.4) is 0 Å². The highest BCUT2D eigenvalue weighted by Crippen LogP contribution is 2.18. The number of nitrogens with one attached hydrogen (secondary N) is 1. The average molecular weight is 392 g/mol. The van der Waals surface area contributed by atoms with Crippen molar-refractivity contribution >= 4 is 33.5 Å². The summed E-state index contributed by atoms with van der Waals surface area (Å²) in [4.78, 5) is 23.4. The van der Waals surface area contributed by atoms with Crippen LogP contribution < -0.4 is 10.1 Å². The monoisotopic (exact) mass is 391 g/mol. The Morgan fingerprint density at radius 1 is 1.04 bits per heavy atom. The third-order valence-corrected chi connectivity index (χ3v) is 3.72. The van der Waals surface area contributed by atoms with Crippen molar-refractivity contribution in [1.82, 2.24) is 0 Å². The second-order valence-corrected chi connectivity index (χ2v) is 5.88. The Kier molecular flexibility index (Phi) is 6.81. The topological polar surface area (TPSA) is 64.6 Å². The van der Waals surface area contributed by atoms with E-state index in [4.69, 9.17) is 9.47 Å². The summed E-state index contributed by atoms with van der Waals surface area (Å²) in [7, 11) is 0. The number of rotatable bonds is 7. The van der Waals surface area contributed by atoms with Crippen LogP contribution in [0.25, 0.3) is 0 Å². The van der Waals surface area contributed by atoms with Gasteiger partial charge in [-0.2, -0.15) is 0 Å². The summed E-state index contributed by atoms with van der Waals surface area (Å²) in [5.41, 5.74) is 1.64. The average Bonchev–Trinajstić information content (AvgIpc) is 2.60. The predicted octanol–water partition coefficient (Wildman–Crippen LogP) is 3.57. The van der Waals surface area contributed by atoms with Crippen molar-refractivity contribution in [2.45, 2.75) is 13.3 Å². The molecule has 0 aliphatic rings. The molecule has 1 N–H and O–H groups in total. The number of anilines is 1. The third-order valence-electron chi connectivity index (χ3n) is 3.19. The molecule has 0 aromatic heterocycles. The lowest BCUT2D eigenvalue weighted by Gasteiger charge is -2.10. The van der Waals surface area contributed by atoms with E-state index < -0.39 is 11.9 Å². The van der Waals surface area contributed by atoms with E-state index in [9.17, 15) is 9.59 Å². The number of ether oxygens (including phenoxy) is 2. The molecule has 0 aliphatic heterocycles. The van der Waals surface area contributed by atoms with Gasteiger partial charge in [-0.15, -0.1) is 0 Å². The summed E-state index contributed by atoms with van der Waals surface area (Å²) >= 11 is 3.31. The fourth-order valence-corrected chi connectivity index (χ4v) is 2.26. The molecule has 1 amide bonds. The van der Waals surface area contributed by atoms with Crippen LogP contribution in [0, 0.1) is 0 Å². The van der Waals surface area contributed by atoms with Crippen LogP contribution in [-0.4, -0.2) is 25.1 Å². The Labute approximate surface area is 149 Å². The summed E-state index contributed by atoms with van der Waals surface area (Å²) < 4.78 is 11.3. The van der Waals surface area contributed by atoms with Gasteiger partial charge >= 0.3 is 5.97 Å². The Balaban J connectivity index is 1.74. The predicted molar refractivity (Wildman–Crippen MR) is 95.0 cm³/mol. The van der Waals surface area contributed by atoms with Gasteiger partial charge in [-0.3, -0.25) is 4.79 Å². The summed E-state index contributed by atoms with van der Waals surface area (Å²) in [5.74, 6) is -0.345. The van der Waals surface area contributed by atoms with Gasteiger partial charge in [-0.1, -0.05) is 41.1 Å². The van der Waals surface area contributed by atoms with Gasteiger partial charge in [0.2, 0.25) is 0 Å². The van der Waals surface area contributed by atoms with Crippen molar-refractivity contribution in [3.8, 4) is 5.75 Å². The van der Waals surface area contributed by atoms with Gasteiger partial charge < -0.3 is 14.8 Å². The first-order chi connectivity index (χ1) is 11.6. The molecular weight excluding hydrogens is 374 g/mol. The minimum absolute atomic E-state index is 0.234. The summed E-state index contributed by atoms with van der Waals surface area (Å²) in [6, 6.07) is 14.6. The Morgan fingerprint density at radius 2 is 1.75 bits per heavy atom. The van der Waals surface area contributed by atoms with Crippen LogP contribution >= 0.6 is 15.9 Å². The van der Waals surface area contributed by atoms with Gasteiger partial charge in [0.25, 0.3) is 5.91 Å². The van der Waals surface area contributed by atoms with E-state index in [1.807, 2.05) is 25.1 Å². The maximum absolute atomic E-state index is 11.7. The van der Waals surface area contributed by atoms with E-state index in [2.05, 4.69) is 21.2 Å². The molecule has 0 fully saturated rings. The molecule has 0 aliphatic carbocycles. The number of hydrogen-bond donors (Lipinski definition) is 1. The van der Waals surface area contributed by atoms with Crippen molar-refractivity contribution in [3.05, 3.63) is 58.6 Å². The van der Waals surface area contributed by atoms with Gasteiger partial charge in [-0.25, -0.2) is 4.79 Å². The number of esters is 1. The van der Waals surface area contributed by atoms with Crippen molar-refractivity contribution in [2.24, 2.45) is 0 Å². The van der Waals surface area contributed by atoms with Crippen LogP contribution in [0.1, 0.15) is 12.5 Å². The zero-order chi connectivity index (χ0) is 17.4. The lowest BCUT2D eigenvalue weighted by Crippen LogP contribution is -2.23. The van der Waals surface area contributed by atoms with Crippen LogP contribution in [0.2, 0.25) is 0 Å². The SMILES string of the molecule is CCc1ccccc1OCC(=O)OCC(=O)Nc1ccc(Br)cc1. The standard InChI is InChI=1S/C18H18BrNO4/c1-2-13-5-3-4-6-16(13)23-12-18(22)24-11-17(21)20-15-9-7-14(19)8-10-15/h3-10H,2,11-12H2,1H3,(H,20,21). The molecule has 0 unspecified atom stereocenters. The Bertz CT molecular complexity index is 700. The van der Waals surface area contributed by atoms with Gasteiger partial charge in [0.15, 0.2) is 13.2 Å². The van der Waals surface area contributed by atoms with E-state index in [1.54, 1.807) is 30.3 Å². The van der Waals surface area contributed by atoms with Crippen LogP contribution in [0.4, 0.5) is 5.69 Å². The second-order valence-electron chi connectivity index (χ2n) is 4.97. The quantitative estimate of drug-likeness (QED) is 0.732. The normalized spacial score (nSPS) is 10.1. The van der Waals surface area contributed by atoms with Crippen molar-refractivity contribution < 1.29 is 19.1 Å². The molecule has 0 atom stereocenters. The Hall–Kier alpha value is -2.34. The maximum atomic E-state index is 11.7. The first-order valence-corrected chi connectivity index (χ1v) is 8.29. The van der Waals surface area contributed by atoms with E-state index in [0.717, 1.165) is 16.5 Å². The molecule has 126 valence electrons. The number of hydrogen-bond acceptors (Lipinski definition) is 4. The van der Waals surface area contributed by atoms with Gasteiger partial charge in [0, 0.05) is 10.2 Å². The zero-order valence-electron chi connectivity index (χ0n) is 13.3. The third kappa shape index (κ3) is 5.70. The number of para-hydroxylation sites is 1. The minimum Gasteiger partial charge on any atom is -0.482 e. The Morgan fingerprint density at radius 3 is 2.46 bits per heavy atom. The number of aryl methyl sites for hydroxylation is 1. The molecule has 0 saturated carbocycles. The molecule has 0 spiro atoms. The first-order valence-electron chi connectivity index (χ1n) is 7.50. The fourth-order valence-electron chi connectivity index (χ4n) is 1.99. The number of benzene rings is 2. The first kappa shape index (κ1) is 18.0. The highest BCUT2D eigenvalue weighted by atomic mass is 79.9. The smallest absolute Gasteiger partial charge is 0.344 e. The molecule has 2 rings (SSSR count). The number of halogens is 1. The second kappa shape index (κ2) is 9.08. The maximum Gasteiger partial charge on any atom is 0.344 e. The highest BCUT2D eigenvalue weighted by molar-refractivity contribution is 9.10. The number of amides is 1. The van der Waals surface area contributed by atoms with Crippen LogP contribution in [0.15, 0.2) is 53.0 Å². The van der Waals surface area contributed by atoms with E-state index in [0.29, 0.717) is 11.4 Å².